The number of para-hydroxylation sites is 2. The second kappa shape index (κ2) is 13.8. The highest BCUT2D eigenvalue weighted by Crippen LogP contribution is 2.28. The largest absolute Gasteiger partial charge is 0.493 e. The summed E-state index contributed by atoms with van der Waals surface area (Å²) in [7, 11) is 1.66. The third kappa shape index (κ3) is 7.35. The molecule has 0 bridgehead atoms. The van der Waals surface area contributed by atoms with E-state index in [0.717, 1.165) is 71.7 Å². The topological polar surface area (TPSA) is 65.4 Å². The van der Waals surface area contributed by atoms with Crippen LogP contribution < -0.4 is 14.8 Å². The minimum atomic E-state index is -0.0903. The maximum atomic E-state index is 12.2. The Morgan fingerprint density at radius 1 is 1.03 bits per heavy atom. The highest BCUT2D eigenvalue weighted by atomic mass is 16.5. The zero-order chi connectivity index (χ0) is 26.6. The number of imidazole rings is 1. The Labute approximate surface area is 224 Å². The van der Waals surface area contributed by atoms with Crippen LogP contribution in [0.25, 0.3) is 17.1 Å². The molecule has 1 amide bonds. The number of ether oxygens (including phenoxy) is 2. The summed E-state index contributed by atoms with van der Waals surface area (Å²) in [6.45, 7) is 5.74. The molecule has 0 unspecified atom stereocenters. The van der Waals surface area contributed by atoms with Crippen LogP contribution in [0.15, 0.2) is 91.5 Å². The van der Waals surface area contributed by atoms with E-state index >= 15 is 0 Å². The van der Waals surface area contributed by atoms with Gasteiger partial charge in [0.25, 0.3) is 0 Å². The van der Waals surface area contributed by atoms with Gasteiger partial charge in [-0.25, -0.2) is 4.98 Å². The SMILES string of the molecule is C=CCc1ccc(OCCCn2c(CCCNC(=O)/C=C\c3ccccc3)nc3ccccc32)c(OC)c1. The fourth-order valence-corrected chi connectivity index (χ4v) is 4.35. The molecule has 0 saturated heterocycles. The van der Waals surface area contributed by atoms with Crippen LogP contribution in [0.1, 0.15) is 29.8 Å². The number of nitrogens with one attached hydrogen (secondary N) is 1. The number of methoxy groups -OCH3 is 1. The Hall–Kier alpha value is -4.32. The first-order chi connectivity index (χ1) is 18.7. The number of benzene rings is 3. The summed E-state index contributed by atoms with van der Waals surface area (Å²) in [5.74, 6) is 2.41. The summed E-state index contributed by atoms with van der Waals surface area (Å²) < 4.78 is 13.8. The summed E-state index contributed by atoms with van der Waals surface area (Å²) in [6.07, 6.45) is 8.47. The maximum Gasteiger partial charge on any atom is 0.243 e. The highest BCUT2D eigenvalue weighted by Gasteiger charge is 2.11. The lowest BCUT2D eigenvalue weighted by atomic mass is 10.1. The predicted molar refractivity (Wildman–Crippen MR) is 154 cm³/mol. The molecular weight excluding hydrogens is 474 g/mol. The van der Waals surface area contributed by atoms with Gasteiger partial charge < -0.3 is 19.4 Å². The smallest absolute Gasteiger partial charge is 0.243 e. The lowest BCUT2D eigenvalue weighted by Gasteiger charge is -2.13. The summed E-state index contributed by atoms with van der Waals surface area (Å²) in [5.41, 5.74) is 4.24. The second-order valence-corrected chi connectivity index (χ2v) is 8.99. The van der Waals surface area contributed by atoms with Crippen molar-refractivity contribution in [2.75, 3.05) is 20.3 Å². The number of aryl methyl sites for hydroxylation is 2. The number of amides is 1. The monoisotopic (exact) mass is 509 g/mol. The molecule has 0 atom stereocenters. The molecule has 0 spiro atoms. The van der Waals surface area contributed by atoms with Crippen LogP contribution in [0.3, 0.4) is 0 Å². The molecule has 4 aromatic rings. The van der Waals surface area contributed by atoms with E-state index in [0.29, 0.717) is 13.2 Å². The average Bonchev–Trinajstić information content (AvgIpc) is 3.30. The van der Waals surface area contributed by atoms with Gasteiger partial charge in [-0.05, 0) is 60.7 Å². The molecule has 4 rings (SSSR count). The number of hydrogen-bond donors (Lipinski definition) is 1. The Morgan fingerprint density at radius 3 is 2.66 bits per heavy atom. The van der Waals surface area contributed by atoms with Crippen LogP contribution >= 0.6 is 0 Å². The van der Waals surface area contributed by atoms with Crippen molar-refractivity contribution in [3.8, 4) is 11.5 Å². The minimum absolute atomic E-state index is 0.0903. The van der Waals surface area contributed by atoms with E-state index in [1.807, 2.05) is 78.9 Å². The number of hydrogen-bond acceptors (Lipinski definition) is 4. The van der Waals surface area contributed by atoms with Crippen molar-refractivity contribution in [2.24, 2.45) is 0 Å². The summed E-state index contributed by atoms with van der Waals surface area (Å²) in [5, 5.41) is 2.97. The van der Waals surface area contributed by atoms with Gasteiger partial charge in [-0.1, -0.05) is 54.6 Å². The van der Waals surface area contributed by atoms with Gasteiger partial charge in [0.15, 0.2) is 11.5 Å². The molecular formula is C32H35N3O3. The predicted octanol–water partition coefficient (Wildman–Crippen LogP) is 6.00. The molecule has 0 aliphatic rings. The number of allylic oxidation sites excluding steroid dienone is 1. The van der Waals surface area contributed by atoms with E-state index in [1.165, 1.54) is 0 Å². The minimum Gasteiger partial charge on any atom is -0.493 e. The third-order valence-corrected chi connectivity index (χ3v) is 6.23. The molecule has 6 heteroatoms. The normalized spacial score (nSPS) is 11.1. The van der Waals surface area contributed by atoms with E-state index < -0.39 is 0 Å². The van der Waals surface area contributed by atoms with Crippen LogP contribution in [0.2, 0.25) is 0 Å². The molecule has 0 aliphatic heterocycles. The van der Waals surface area contributed by atoms with Gasteiger partial charge in [-0.15, -0.1) is 6.58 Å². The van der Waals surface area contributed by atoms with Gasteiger partial charge in [0.05, 0.1) is 24.8 Å². The van der Waals surface area contributed by atoms with Gasteiger partial charge in [0, 0.05) is 25.6 Å². The highest BCUT2D eigenvalue weighted by molar-refractivity contribution is 5.91. The molecule has 3 aromatic carbocycles. The quantitative estimate of drug-likeness (QED) is 0.129. The fourth-order valence-electron chi connectivity index (χ4n) is 4.35. The summed E-state index contributed by atoms with van der Waals surface area (Å²) in [4.78, 5) is 17.0. The van der Waals surface area contributed by atoms with Crippen LogP contribution in [0.5, 0.6) is 11.5 Å². The van der Waals surface area contributed by atoms with Crippen molar-refractivity contribution < 1.29 is 14.3 Å². The molecule has 0 radical (unpaired) electrons. The fraction of sp³-hybridized carbons (Fsp3) is 0.250. The summed E-state index contributed by atoms with van der Waals surface area (Å²) >= 11 is 0. The first-order valence-electron chi connectivity index (χ1n) is 13.0. The zero-order valence-electron chi connectivity index (χ0n) is 21.9. The molecule has 0 fully saturated rings. The first kappa shape index (κ1) is 26.7. The van der Waals surface area contributed by atoms with Gasteiger partial charge in [-0.2, -0.15) is 0 Å². The Morgan fingerprint density at radius 2 is 1.84 bits per heavy atom. The number of nitrogens with zero attached hydrogens (tertiary/aromatic N) is 2. The van der Waals surface area contributed by atoms with E-state index in [2.05, 4.69) is 22.5 Å². The number of fused-ring (bicyclic) bond motifs is 1. The summed E-state index contributed by atoms with van der Waals surface area (Å²) in [6, 6.07) is 24.0. The van der Waals surface area contributed by atoms with Crippen molar-refractivity contribution >= 4 is 23.0 Å². The second-order valence-electron chi connectivity index (χ2n) is 8.99. The van der Waals surface area contributed by atoms with Crippen LogP contribution in [-0.4, -0.2) is 35.7 Å². The van der Waals surface area contributed by atoms with Gasteiger partial charge in [-0.3, -0.25) is 4.79 Å². The van der Waals surface area contributed by atoms with E-state index in [-0.39, 0.29) is 5.91 Å². The van der Waals surface area contributed by atoms with Crippen LogP contribution in [0, 0.1) is 0 Å². The number of carbonyl (C=O) groups excluding carboxylic acids is 1. The van der Waals surface area contributed by atoms with Crippen molar-refractivity contribution in [3.05, 3.63) is 108 Å². The lowest BCUT2D eigenvalue weighted by Crippen LogP contribution is -2.22. The van der Waals surface area contributed by atoms with Crippen LogP contribution in [0.4, 0.5) is 0 Å². The molecule has 1 aromatic heterocycles. The zero-order valence-corrected chi connectivity index (χ0v) is 21.9. The third-order valence-electron chi connectivity index (χ3n) is 6.23. The Balaban J connectivity index is 1.30. The molecule has 0 saturated carbocycles. The molecule has 0 aliphatic carbocycles. The maximum absolute atomic E-state index is 12.2. The van der Waals surface area contributed by atoms with Crippen LogP contribution in [-0.2, 0) is 24.2 Å². The molecule has 196 valence electrons. The Bertz CT molecular complexity index is 1380. The average molecular weight is 510 g/mol. The first-order valence-corrected chi connectivity index (χ1v) is 13.0. The van der Waals surface area contributed by atoms with Crippen molar-refractivity contribution in [2.45, 2.75) is 32.2 Å². The molecule has 1 heterocycles. The van der Waals surface area contributed by atoms with E-state index in [9.17, 15) is 4.79 Å². The van der Waals surface area contributed by atoms with Crippen molar-refractivity contribution in [3.63, 3.8) is 0 Å². The van der Waals surface area contributed by atoms with Gasteiger partial charge >= 0.3 is 0 Å². The number of rotatable bonds is 14. The Kier molecular flexibility index (Phi) is 9.74. The van der Waals surface area contributed by atoms with Crippen molar-refractivity contribution in [1.29, 1.82) is 0 Å². The van der Waals surface area contributed by atoms with Crippen molar-refractivity contribution in [1.82, 2.24) is 14.9 Å². The van der Waals surface area contributed by atoms with Gasteiger partial charge in [0.1, 0.15) is 5.82 Å². The lowest BCUT2D eigenvalue weighted by molar-refractivity contribution is -0.116. The number of carbonyl (C=O) groups is 1. The number of aromatic nitrogens is 2. The van der Waals surface area contributed by atoms with E-state index in [4.69, 9.17) is 14.5 Å². The standard InChI is InChI=1S/C32H35N3O3/c1-3-11-26-17-19-29(30(24-26)37-2)38-23-10-22-35-28-15-8-7-14-27(28)34-31(35)16-9-21-33-32(36)20-18-25-12-5-4-6-13-25/h3-8,12-15,17-20,24H,1,9-11,16,21-23H2,2H3,(H,33,36)/b20-18-. The molecule has 38 heavy (non-hydrogen) atoms. The van der Waals surface area contributed by atoms with Gasteiger partial charge in [0.2, 0.25) is 5.91 Å². The van der Waals surface area contributed by atoms with E-state index in [1.54, 1.807) is 13.2 Å². The molecule has 1 N–H and O–H groups in total. The molecule has 6 nitrogen and oxygen atoms in total.